The molecule has 0 nitrogen and oxygen atoms in total. The molecule has 9 aromatic carbocycles. The first kappa shape index (κ1) is 27.5. The first-order chi connectivity index (χ1) is 22.7. The van der Waals surface area contributed by atoms with Gasteiger partial charge in [-0.05, 0) is 106 Å². The van der Waals surface area contributed by atoms with E-state index in [1.165, 1.54) is 87.6 Å². The highest BCUT2D eigenvalue weighted by Crippen LogP contribution is 2.51. The summed E-state index contributed by atoms with van der Waals surface area (Å²) >= 11 is 7.98. The van der Waals surface area contributed by atoms with E-state index in [0.29, 0.717) is 0 Å². The van der Waals surface area contributed by atoms with Gasteiger partial charge in [0.1, 0.15) is 0 Å². The lowest BCUT2D eigenvalue weighted by molar-refractivity contribution is 1.57. The number of rotatable bonds is 4. The quantitative estimate of drug-likeness (QED) is 0.126. The predicted molar refractivity (Wildman–Crippen MR) is 205 cm³/mol. The standard InChI is InChI=1S/C44H26Br2/c45-39-24-23-36-41-33(39)17-10-18-35(41)43-38(26-40(46)34-22-21-32(42(36)44(34)43)29-15-8-3-9-16-29)37-25-30(27-11-4-1-5-12-27)19-20-31(37)28-13-6-2-7-14-28/h1-26H. The van der Waals surface area contributed by atoms with Crippen molar-refractivity contribution in [2.45, 2.75) is 0 Å². The van der Waals surface area contributed by atoms with Crippen LogP contribution in [0.25, 0.3) is 87.6 Å². The third-order valence-corrected chi connectivity index (χ3v) is 10.7. The molecule has 0 aromatic heterocycles. The van der Waals surface area contributed by atoms with Crippen molar-refractivity contribution in [3.05, 3.63) is 167 Å². The maximum atomic E-state index is 4.07. The summed E-state index contributed by atoms with van der Waals surface area (Å²) in [6.07, 6.45) is 0. The normalized spacial score (nSPS) is 11.7. The second-order valence-corrected chi connectivity index (χ2v) is 13.6. The fourth-order valence-corrected chi connectivity index (χ4v) is 8.36. The molecule has 0 spiro atoms. The van der Waals surface area contributed by atoms with Gasteiger partial charge in [0.25, 0.3) is 0 Å². The van der Waals surface area contributed by atoms with Crippen molar-refractivity contribution in [1.82, 2.24) is 0 Å². The van der Waals surface area contributed by atoms with Crippen LogP contribution in [0.1, 0.15) is 0 Å². The summed E-state index contributed by atoms with van der Waals surface area (Å²) < 4.78 is 2.21. The molecule has 0 radical (unpaired) electrons. The zero-order chi connectivity index (χ0) is 30.8. The van der Waals surface area contributed by atoms with Gasteiger partial charge in [-0.3, -0.25) is 0 Å². The minimum atomic E-state index is 1.10. The molecule has 0 saturated heterocycles. The zero-order valence-electron chi connectivity index (χ0n) is 24.8. The maximum absolute atomic E-state index is 4.07. The van der Waals surface area contributed by atoms with Crippen LogP contribution >= 0.6 is 31.9 Å². The summed E-state index contributed by atoms with van der Waals surface area (Å²) in [6, 6.07) is 57.4. The molecule has 46 heavy (non-hydrogen) atoms. The molecule has 0 aliphatic heterocycles. The molecule has 0 unspecified atom stereocenters. The molecule has 2 heteroatoms. The van der Waals surface area contributed by atoms with Crippen LogP contribution < -0.4 is 0 Å². The van der Waals surface area contributed by atoms with Crippen molar-refractivity contribution in [1.29, 1.82) is 0 Å². The van der Waals surface area contributed by atoms with Crippen LogP contribution in [-0.4, -0.2) is 0 Å². The molecule has 0 aliphatic rings. The fraction of sp³-hybridized carbons (Fsp3) is 0. The molecule has 0 saturated carbocycles. The average Bonchev–Trinajstić information content (AvgIpc) is 3.12. The van der Waals surface area contributed by atoms with Gasteiger partial charge in [-0.25, -0.2) is 0 Å². The molecular weight excluding hydrogens is 688 g/mol. The van der Waals surface area contributed by atoms with Crippen LogP contribution in [0.3, 0.4) is 0 Å². The lowest BCUT2D eigenvalue weighted by Gasteiger charge is -2.22. The Hall–Kier alpha value is -4.76. The summed E-state index contributed by atoms with van der Waals surface area (Å²) in [6.45, 7) is 0. The average molecular weight is 714 g/mol. The van der Waals surface area contributed by atoms with Gasteiger partial charge < -0.3 is 0 Å². The van der Waals surface area contributed by atoms with Gasteiger partial charge in [0.05, 0.1) is 0 Å². The zero-order valence-corrected chi connectivity index (χ0v) is 27.9. The van der Waals surface area contributed by atoms with E-state index < -0.39 is 0 Å². The number of halogens is 2. The molecule has 0 aliphatic carbocycles. The lowest BCUT2D eigenvalue weighted by Crippen LogP contribution is -1.95. The topological polar surface area (TPSA) is 0 Å². The lowest BCUT2D eigenvalue weighted by atomic mass is 9.82. The van der Waals surface area contributed by atoms with Gasteiger partial charge >= 0.3 is 0 Å². The van der Waals surface area contributed by atoms with Gasteiger partial charge in [-0.2, -0.15) is 0 Å². The number of hydrogen-bond acceptors (Lipinski definition) is 0. The molecule has 0 atom stereocenters. The van der Waals surface area contributed by atoms with E-state index in [0.717, 1.165) is 8.95 Å². The van der Waals surface area contributed by atoms with Crippen LogP contribution in [0.4, 0.5) is 0 Å². The third-order valence-electron chi connectivity index (χ3n) is 9.37. The second kappa shape index (κ2) is 10.9. The maximum Gasteiger partial charge on any atom is 0.0260 e. The highest BCUT2D eigenvalue weighted by Gasteiger charge is 2.23. The van der Waals surface area contributed by atoms with Gasteiger partial charge in [-0.15, -0.1) is 0 Å². The van der Waals surface area contributed by atoms with Crippen LogP contribution in [0.15, 0.2) is 167 Å². The Morgan fingerprint density at radius 3 is 1.52 bits per heavy atom. The Balaban J connectivity index is 1.52. The first-order valence-electron chi connectivity index (χ1n) is 15.5. The molecule has 0 amide bonds. The predicted octanol–water partition coefficient (Wildman–Crippen LogP) is 13.9. The van der Waals surface area contributed by atoms with E-state index >= 15 is 0 Å². The largest absolute Gasteiger partial charge is 0.0622 e. The molecule has 9 aromatic rings. The smallest absolute Gasteiger partial charge is 0.0260 e. The van der Waals surface area contributed by atoms with Crippen LogP contribution in [-0.2, 0) is 0 Å². The first-order valence-corrected chi connectivity index (χ1v) is 17.1. The van der Waals surface area contributed by atoms with Gasteiger partial charge in [-0.1, -0.05) is 171 Å². The number of fused-ring (bicyclic) bond motifs is 2. The van der Waals surface area contributed by atoms with E-state index in [2.05, 4.69) is 190 Å². The summed E-state index contributed by atoms with van der Waals surface area (Å²) in [7, 11) is 0. The van der Waals surface area contributed by atoms with Gasteiger partial charge in [0.2, 0.25) is 0 Å². The van der Waals surface area contributed by atoms with E-state index in [-0.39, 0.29) is 0 Å². The molecule has 9 rings (SSSR count). The Morgan fingerprint density at radius 2 is 0.804 bits per heavy atom. The van der Waals surface area contributed by atoms with Crippen molar-refractivity contribution in [2.24, 2.45) is 0 Å². The van der Waals surface area contributed by atoms with Crippen molar-refractivity contribution in [3.63, 3.8) is 0 Å². The summed E-state index contributed by atoms with van der Waals surface area (Å²) in [5.74, 6) is 0. The van der Waals surface area contributed by atoms with E-state index in [4.69, 9.17) is 0 Å². The number of benzene rings is 9. The molecule has 216 valence electrons. The third kappa shape index (κ3) is 4.25. The summed E-state index contributed by atoms with van der Waals surface area (Å²) in [5.41, 5.74) is 9.75. The SMILES string of the molecule is Brc1ccc2c3c(-c4ccccc4)ccc4c(Br)cc(-c5cc(-c6ccccc6)ccc5-c5ccccc5)c(c5cccc1c25)c43. The monoisotopic (exact) mass is 712 g/mol. The summed E-state index contributed by atoms with van der Waals surface area (Å²) in [5, 5.41) is 10.1. The molecule has 0 bridgehead atoms. The Kier molecular flexibility index (Phi) is 6.55. The Morgan fingerprint density at radius 1 is 0.261 bits per heavy atom. The molecule has 0 N–H and O–H groups in total. The Labute approximate surface area is 284 Å². The highest BCUT2D eigenvalue weighted by atomic mass is 79.9. The Bertz CT molecular complexity index is 2570. The van der Waals surface area contributed by atoms with Crippen molar-refractivity contribution in [2.75, 3.05) is 0 Å². The van der Waals surface area contributed by atoms with E-state index in [1.54, 1.807) is 0 Å². The van der Waals surface area contributed by atoms with Crippen molar-refractivity contribution in [3.8, 4) is 44.5 Å². The fourth-order valence-electron chi connectivity index (χ4n) is 7.34. The van der Waals surface area contributed by atoms with E-state index in [1.807, 2.05) is 0 Å². The second-order valence-electron chi connectivity index (χ2n) is 11.9. The van der Waals surface area contributed by atoms with Crippen LogP contribution in [0.5, 0.6) is 0 Å². The minimum absolute atomic E-state index is 1.10. The van der Waals surface area contributed by atoms with Crippen molar-refractivity contribution < 1.29 is 0 Å². The number of hydrogen-bond donors (Lipinski definition) is 0. The van der Waals surface area contributed by atoms with Crippen LogP contribution in [0, 0.1) is 0 Å². The van der Waals surface area contributed by atoms with Gasteiger partial charge in [0.15, 0.2) is 0 Å². The molecular formula is C44H26Br2. The minimum Gasteiger partial charge on any atom is -0.0622 e. The van der Waals surface area contributed by atoms with E-state index in [9.17, 15) is 0 Å². The van der Waals surface area contributed by atoms with Gasteiger partial charge in [0, 0.05) is 8.95 Å². The molecule has 0 fully saturated rings. The highest BCUT2D eigenvalue weighted by molar-refractivity contribution is 9.11. The van der Waals surface area contributed by atoms with Crippen molar-refractivity contribution >= 4 is 74.9 Å². The summed E-state index contributed by atoms with van der Waals surface area (Å²) in [4.78, 5) is 0. The molecule has 0 heterocycles. The van der Waals surface area contributed by atoms with Crippen LogP contribution in [0.2, 0.25) is 0 Å².